The second-order valence-corrected chi connectivity index (χ2v) is 8.54. The van der Waals surface area contributed by atoms with Crippen molar-refractivity contribution in [1.82, 2.24) is 5.32 Å². The van der Waals surface area contributed by atoms with E-state index in [9.17, 15) is 9.59 Å². The molecule has 5 rings (SSSR count). The molecule has 4 aromatic rings. The lowest BCUT2D eigenvalue weighted by Gasteiger charge is -2.17. The van der Waals surface area contributed by atoms with Gasteiger partial charge in [0, 0.05) is 17.8 Å². The molecule has 3 aromatic carbocycles. The van der Waals surface area contributed by atoms with Gasteiger partial charge in [-0.05, 0) is 34.4 Å². The normalized spacial score (nSPS) is 12.6. The molecule has 0 unspecified atom stereocenters. The van der Waals surface area contributed by atoms with Crippen LogP contribution in [0.5, 0.6) is 0 Å². The van der Waals surface area contributed by atoms with Gasteiger partial charge in [-0.3, -0.25) is 9.59 Å². The molecule has 0 radical (unpaired) electrons. The van der Waals surface area contributed by atoms with E-state index in [0.29, 0.717) is 38.3 Å². The lowest BCUT2D eigenvalue weighted by atomic mass is 10.1. The van der Waals surface area contributed by atoms with Crippen LogP contribution in [-0.4, -0.2) is 11.8 Å². The largest absolute Gasteiger partial charge is 0.459 e. The number of amides is 2. The van der Waals surface area contributed by atoms with Gasteiger partial charge in [-0.25, -0.2) is 0 Å². The first kappa shape index (κ1) is 22.6. The average molecular weight is 467 g/mol. The molecule has 0 saturated carbocycles. The maximum atomic E-state index is 12.8. The predicted molar refractivity (Wildman–Crippen MR) is 133 cm³/mol. The summed E-state index contributed by atoms with van der Waals surface area (Å²) >= 11 is 0. The maximum Gasteiger partial charge on any atom is 0.287 e. The van der Waals surface area contributed by atoms with E-state index in [2.05, 4.69) is 5.32 Å². The Balaban J connectivity index is 1.14. The number of nitrogens with zero attached hydrogens (tertiary/aromatic N) is 1. The summed E-state index contributed by atoms with van der Waals surface area (Å²) in [4.78, 5) is 27.0. The zero-order valence-electron chi connectivity index (χ0n) is 19.3. The van der Waals surface area contributed by atoms with Gasteiger partial charge in [0.25, 0.3) is 5.91 Å². The molecule has 1 N–H and O–H groups in total. The highest BCUT2D eigenvalue weighted by molar-refractivity contribution is 6.01. The molecular weight excluding hydrogens is 440 g/mol. The van der Waals surface area contributed by atoms with Crippen LogP contribution in [0.15, 0.2) is 95.6 Å². The van der Waals surface area contributed by atoms with E-state index >= 15 is 0 Å². The molecule has 0 atom stereocenters. The number of hydrogen-bond acceptors (Lipinski definition) is 4. The summed E-state index contributed by atoms with van der Waals surface area (Å²) < 4.78 is 11.3. The van der Waals surface area contributed by atoms with Gasteiger partial charge in [0.05, 0.1) is 32.4 Å². The standard InChI is InChI=1S/C29H26N2O4/c32-27-16-24-8-4-5-9-26(24)31(27)18-25-14-15-35-28(25)29(33)30-17-21-10-12-23(13-11-21)20-34-19-22-6-2-1-3-7-22/h1-15H,16-20H2,(H,30,33). The van der Waals surface area contributed by atoms with Crippen LogP contribution in [0.4, 0.5) is 5.69 Å². The highest BCUT2D eigenvalue weighted by Crippen LogP contribution is 2.30. The smallest absolute Gasteiger partial charge is 0.287 e. The highest BCUT2D eigenvalue weighted by Gasteiger charge is 2.28. The zero-order chi connectivity index (χ0) is 24.0. The third kappa shape index (κ3) is 5.34. The molecular formula is C29H26N2O4. The Bertz CT molecular complexity index is 1310. The zero-order valence-corrected chi connectivity index (χ0v) is 19.3. The van der Waals surface area contributed by atoms with Crippen molar-refractivity contribution in [2.75, 3.05) is 4.90 Å². The van der Waals surface area contributed by atoms with Crippen molar-refractivity contribution >= 4 is 17.5 Å². The Morgan fingerprint density at radius 2 is 1.54 bits per heavy atom. The molecule has 1 aromatic heterocycles. The van der Waals surface area contributed by atoms with Crippen LogP contribution < -0.4 is 10.2 Å². The Morgan fingerprint density at radius 3 is 2.34 bits per heavy atom. The number of para-hydroxylation sites is 1. The number of anilines is 1. The van der Waals surface area contributed by atoms with E-state index < -0.39 is 0 Å². The number of rotatable bonds is 9. The van der Waals surface area contributed by atoms with E-state index in [0.717, 1.165) is 27.9 Å². The van der Waals surface area contributed by atoms with Crippen LogP contribution >= 0.6 is 0 Å². The first-order chi connectivity index (χ1) is 17.2. The first-order valence-corrected chi connectivity index (χ1v) is 11.6. The van der Waals surface area contributed by atoms with Crippen molar-refractivity contribution in [3.8, 4) is 0 Å². The number of nitrogens with one attached hydrogen (secondary N) is 1. The predicted octanol–water partition coefficient (Wildman–Crippen LogP) is 5.02. The second-order valence-electron chi connectivity index (χ2n) is 8.54. The highest BCUT2D eigenvalue weighted by atomic mass is 16.5. The van der Waals surface area contributed by atoms with Gasteiger partial charge in [0.2, 0.25) is 5.91 Å². The molecule has 0 bridgehead atoms. The van der Waals surface area contributed by atoms with Gasteiger partial charge in [0.1, 0.15) is 0 Å². The van der Waals surface area contributed by atoms with E-state index in [-0.39, 0.29) is 17.6 Å². The van der Waals surface area contributed by atoms with Gasteiger partial charge in [-0.1, -0.05) is 72.8 Å². The van der Waals surface area contributed by atoms with Gasteiger partial charge < -0.3 is 19.4 Å². The van der Waals surface area contributed by atoms with Crippen molar-refractivity contribution in [1.29, 1.82) is 0 Å². The molecule has 1 aliphatic heterocycles. The van der Waals surface area contributed by atoms with Gasteiger partial charge in [-0.15, -0.1) is 0 Å². The summed E-state index contributed by atoms with van der Waals surface area (Å²) in [6, 6.07) is 27.5. The minimum Gasteiger partial charge on any atom is -0.459 e. The summed E-state index contributed by atoms with van der Waals surface area (Å²) in [6.45, 7) is 1.76. The van der Waals surface area contributed by atoms with Crippen LogP contribution in [0.25, 0.3) is 0 Å². The van der Waals surface area contributed by atoms with E-state index in [1.54, 1.807) is 11.0 Å². The fourth-order valence-corrected chi connectivity index (χ4v) is 4.20. The second kappa shape index (κ2) is 10.4. The third-order valence-corrected chi connectivity index (χ3v) is 6.06. The van der Waals surface area contributed by atoms with Crippen LogP contribution in [0.1, 0.15) is 38.4 Å². The summed E-state index contributed by atoms with van der Waals surface area (Å²) in [5.74, 6) is -0.0556. The van der Waals surface area contributed by atoms with E-state index in [4.69, 9.17) is 9.15 Å². The molecule has 176 valence electrons. The molecule has 6 nitrogen and oxygen atoms in total. The maximum absolute atomic E-state index is 12.8. The van der Waals surface area contributed by atoms with Crippen molar-refractivity contribution in [2.45, 2.75) is 32.7 Å². The monoisotopic (exact) mass is 466 g/mol. The fraction of sp³-hybridized carbons (Fsp3) is 0.172. The molecule has 2 heterocycles. The summed E-state index contributed by atoms with van der Waals surface area (Å²) in [5.41, 5.74) is 5.75. The number of hydrogen-bond donors (Lipinski definition) is 1. The molecule has 0 fully saturated rings. The quantitative estimate of drug-likeness (QED) is 0.376. The number of benzene rings is 3. The van der Waals surface area contributed by atoms with Crippen LogP contribution in [-0.2, 0) is 42.3 Å². The molecule has 0 aliphatic carbocycles. The third-order valence-electron chi connectivity index (χ3n) is 6.06. The van der Waals surface area contributed by atoms with Crippen LogP contribution in [0, 0.1) is 0 Å². The minimum atomic E-state index is -0.305. The van der Waals surface area contributed by atoms with Gasteiger partial charge >= 0.3 is 0 Å². The molecule has 35 heavy (non-hydrogen) atoms. The van der Waals surface area contributed by atoms with Gasteiger partial charge in [0.15, 0.2) is 5.76 Å². The Morgan fingerprint density at radius 1 is 0.857 bits per heavy atom. The number of furan rings is 1. The van der Waals surface area contributed by atoms with Crippen LogP contribution in [0.2, 0.25) is 0 Å². The lowest BCUT2D eigenvalue weighted by molar-refractivity contribution is -0.117. The minimum absolute atomic E-state index is 0.0200. The Hall–Kier alpha value is -4.16. The van der Waals surface area contributed by atoms with Crippen molar-refractivity contribution in [3.05, 3.63) is 125 Å². The summed E-state index contributed by atoms with van der Waals surface area (Å²) in [7, 11) is 0. The topological polar surface area (TPSA) is 71.8 Å². The molecule has 1 aliphatic rings. The number of ether oxygens (including phenoxy) is 1. The SMILES string of the molecule is O=C(NCc1ccc(COCc2ccccc2)cc1)c1occc1CN1C(=O)Cc2ccccc21. The van der Waals surface area contributed by atoms with E-state index in [1.807, 2.05) is 78.9 Å². The molecule has 6 heteroatoms. The van der Waals surface area contributed by atoms with Crippen molar-refractivity contribution in [3.63, 3.8) is 0 Å². The molecule has 0 saturated heterocycles. The summed E-state index contributed by atoms with van der Waals surface area (Å²) in [6.07, 6.45) is 1.86. The Labute approximate surface area is 204 Å². The Kier molecular flexibility index (Phi) is 6.73. The summed E-state index contributed by atoms with van der Waals surface area (Å²) in [5, 5.41) is 2.91. The van der Waals surface area contributed by atoms with E-state index in [1.165, 1.54) is 6.26 Å². The lowest BCUT2D eigenvalue weighted by Crippen LogP contribution is -2.28. The number of carbonyl (C=O) groups excluding carboxylic acids is 2. The molecule has 2 amide bonds. The number of fused-ring (bicyclic) bond motifs is 1. The molecule has 0 spiro atoms. The van der Waals surface area contributed by atoms with Crippen LogP contribution in [0.3, 0.4) is 0 Å². The fourth-order valence-electron chi connectivity index (χ4n) is 4.20. The van der Waals surface area contributed by atoms with Gasteiger partial charge in [-0.2, -0.15) is 0 Å². The first-order valence-electron chi connectivity index (χ1n) is 11.6. The van der Waals surface area contributed by atoms with Crippen molar-refractivity contribution in [2.24, 2.45) is 0 Å². The van der Waals surface area contributed by atoms with Crippen molar-refractivity contribution < 1.29 is 18.7 Å². The number of carbonyl (C=O) groups is 2. The average Bonchev–Trinajstić information content (AvgIpc) is 3.48.